The van der Waals surface area contributed by atoms with Crippen LogP contribution in [0.4, 0.5) is 0 Å². The predicted octanol–water partition coefficient (Wildman–Crippen LogP) is 2.19. The lowest BCUT2D eigenvalue weighted by atomic mass is 10.1. The molecule has 0 aliphatic heterocycles. The standard InChI is InChI=1S/C13H18ClNO3/c1-3-15(7-4-8-16)13(17)11-9-10(14)5-6-12(11)18-2/h5-6,9,16H,3-4,7-8H2,1-2H3. The van der Waals surface area contributed by atoms with Gasteiger partial charge in [-0.1, -0.05) is 11.6 Å². The molecular weight excluding hydrogens is 254 g/mol. The summed E-state index contributed by atoms with van der Waals surface area (Å²) >= 11 is 5.90. The maximum atomic E-state index is 12.3. The fourth-order valence-electron chi connectivity index (χ4n) is 1.68. The van der Waals surface area contributed by atoms with E-state index in [9.17, 15) is 4.79 Å². The quantitative estimate of drug-likeness (QED) is 0.863. The van der Waals surface area contributed by atoms with Crippen LogP contribution in [0.3, 0.4) is 0 Å². The molecule has 0 unspecified atom stereocenters. The summed E-state index contributed by atoms with van der Waals surface area (Å²) in [6.07, 6.45) is 0.558. The average molecular weight is 272 g/mol. The van der Waals surface area contributed by atoms with E-state index in [1.807, 2.05) is 6.92 Å². The van der Waals surface area contributed by atoms with Gasteiger partial charge in [0.2, 0.25) is 0 Å². The zero-order chi connectivity index (χ0) is 13.5. The van der Waals surface area contributed by atoms with Crippen molar-refractivity contribution in [1.29, 1.82) is 0 Å². The Kier molecular flexibility index (Phi) is 5.95. The van der Waals surface area contributed by atoms with Gasteiger partial charge in [0, 0.05) is 24.7 Å². The van der Waals surface area contributed by atoms with E-state index in [0.717, 1.165) is 0 Å². The number of benzene rings is 1. The molecule has 0 atom stereocenters. The van der Waals surface area contributed by atoms with Gasteiger partial charge in [-0.05, 0) is 31.5 Å². The van der Waals surface area contributed by atoms with Gasteiger partial charge in [0.25, 0.3) is 5.91 Å². The SMILES string of the molecule is CCN(CCCO)C(=O)c1cc(Cl)ccc1OC. The van der Waals surface area contributed by atoms with Crippen LogP contribution < -0.4 is 4.74 Å². The van der Waals surface area contributed by atoms with E-state index >= 15 is 0 Å². The molecule has 4 nitrogen and oxygen atoms in total. The molecule has 0 heterocycles. The van der Waals surface area contributed by atoms with Crippen molar-refractivity contribution in [2.24, 2.45) is 0 Å². The Morgan fingerprint density at radius 1 is 1.50 bits per heavy atom. The van der Waals surface area contributed by atoms with Crippen molar-refractivity contribution < 1.29 is 14.6 Å². The van der Waals surface area contributed by atoms with Gasteiger partial charge < -0.3 is 14.7 Å². The van der Waals surface area contributed by atoms with Gasteiger partial charge in [0.1, 0.15) is 5.75 Å². The third-order valence-electron chi connectivity index (χ3n) is 2.65. The summed E-state index contributed by atoms with van der Waals surface area (Å²) in [7, 11) is 1.52. The van der Waals surface area contributed by atoms with Crippen molar-refractivity contribution in [3.63, 3.8) is 0 Å². The summed E-state index contributed by atoms with van der Waals surface area (Å²) in [6, 6.07) is 4.96. The highest BCUT2D eigenvalue weighted by Gasteiger charge is 2.18. The summed E-state index contributed by atoms with van der Waals surface area (Å²) < 4.78 is 5.17. The molecule has 1 rings (SSSR count). The summed E-state index contributed by atoms with van der Waals surface area (Å²) in [5.41, 5.74) is 0.449. The summed E-state index contributed by atoms with van der Waals surface area (Å²) in [5, 5.41) is 9.32. The molecule has 5 heteroatoms. The van der Waals surface area contributed by atoms with Gasteiger partial charge in [-0.2, -0.15) is 0 Å². The number of hydrogen-bond donors (Lipinski definition) is 1. The van der Waals surface area contributed by atoms with Crippen LogP contribution in [0.2, 0.25) is 5.02 Å². The second-order valence-corrected chi connectivity index (χ2v) is 4.24. The zero-order valence-corrected chi connectivity index (χ0v) is 11.4. The van der Waals surface area contributed by atoms with Gasteiger partial charge in [-0.25, -0.2) is 0 Å². The normalized spacial score (nSPS) is 10.2. The highest BCUT2D eigenvalue weighted by molar-refractivity contribution is 6.31. The summed E-state index contributed by atoms with van der Waals surface area (Å²) in [6.45, 7) is 3.05. The van der Waals surface area contributed by atoms with Crippen LogP contribution in [0.5, 0.6) is 5.75 Å². The highest BCUT2D eigenvalue weighted by Crippen LogP contribution is 2.24. The molecule has 0 aromatic heterocycles. The lowest BCUT2D eigenvalue weighted by molar-refractivity contribution is 0.0751. The van der Waals surface area contributed by atoms with Crippen LogP contribution in [0.1, 0.15) is 23.7 Å². The van der Waals surface area contributed by atoms with Crippen LogP contribution >= 0.6 is 11.6 Å². The van der Waals surface area contributed by atoms with Crippen LogP contribution in [0.25, 0.3) is 0 Å². The molecule has 0 bridgehead atoms. The number of carbonyl (C=O) groups excluding carboxylic acids is 1. The molecular formula is C13H18ClNO3. The number of rotatable bonds is 6. The first-order valence-corrected chi connectivity index (χ1v) is 6.25. The van der Waals surface area contributed by atoms with Gasteiger partial charge in [-0.15, -0.1) is 0 Å². The molecule has 0 fully saturated rings. The van der Waals surface area contributed by atoms with Crippen molar-refractivity contribution >= 4 is 17.5 Å². The smallest absolute Gasteiger partial charge is 0.257 e. The number of methoxy groups -OCH3 is 1. The van der Waals surface area contributed by atoms with Crippen molar-refractivity contribution in [2.45, 2.75) is 13.3 Å². The number of carbonyl (C=O) groups is 1. The third kappa shape index (κ3) is 3.62. The largest absolute Gasteiger partial charge is 0.496 e. The Morgan fingerprint density at radius 2 is 2.22 bits per heavy atom. The molecule has 0 spiro atoms. The number of aliphatic hydroxyl groups excluding tert-OH is 1. The summed E-state index contributed by atoms with van der Waals surface area (Å²) in [4.78, 5) is 14.0. The number of nitrogens with zero attached hydrogens (tertiary/aromatic N) is 1. The number of hydrogen-bond acceptors (Lipinski definition) is 3. The van der Waals surface area contributed by atoms with E-state index in [-0.39, 0.29) is 12.5 Å². The van der Waals surface area contributed by atoms with Gasteiger partial charge in [0.15, 0.2) is 0 Å². The molecule has 0 saturated carbocycles. The molecule has 0 aliphatic carbocycles. The molecule has 100 valence electrons. The lowest BCUT2D eigenvalue weighted by Gasteiger charge is -2.21. The maximum absolute atomic E-state index is 12.3. The number of halogens is 1. The van der Waals surface area contributed by atoms with E-state index < -0.39 is 0 Å². The first-order valence-electron chi connectivity index (χ1n) is 5.87. The predicted molar refractivity (Wildman–Crippen MR) is 71.3 cm³/mol. The topological polar surface area (TPSA) is 49.8 Å². The average Bonchev–Trinajstić information content (AvgIpc) is 2.39. The molecule has 0 saturated heterocycles. The molecule has 1 N–H and O–H groups in total. The van der Waals surface area contributed by atoms with E-state index in [1.54, 1.807) is 23.1 Å². The minimum absolute atomic E-state index is 0.0659. The molecule has 0 aliphatic rings. The Balaban J connectivity index is 2.96. The molecule has 18 heavy (non-hydrogen) atoms. The van der Waals surface area contributed by atoms with E-state index in [1.165, 1.54) is 7.11 Å². The molecule has 1 aromatic rings. The van der Waals surface area contributed by atoms with Crippen LogP contribution in [-0.2, 0) is 0 Å². The number of aliphatic hydroxyl groups is 1. The fourth-order valence-corrected chi connectivity index (χ4v) is 1.85. The van der Waals surface area contributed by atoms with E-state index in [2.05, 4.69) is 0 Å². The Labute approximate surface area is 112 Å². The monoisotopic (exact) mass is 271 g/mol. The lowest BCUT2D eigenvalue weighted by Crippen LogP contribution is -2.32. The Hall–Kier alpha value is -1.26. The van der Waals surface area contributed by atoms with Crippen molar-refractivity contribution in [3.8, 4) is 5.75 Å². The number of ether oxygens (including phenoxy) is 1. The first-order chi connectivity index (χ1) is 8.63. The zero-order valence-electron chi connectivity index (χ0n) is 10.6. The second-order valence-electron chi connectivity index (χ2n) is 3.81. The van der Waals surface area contributed by atoms with Crippen molar-refractivity contribution in [3.05, 3.63) is 28.8 Å². The van der Waals surface area contributed by atoms with Crippen LogP contribution in [0.15, 0.2) is 18.2 Å². The minimum atomic E-state index is -0.134. The van der Waals surface area contributed by atoms with E-state index in [4.69, 9.17) is 21.4 Å². The number of amides is 1. The Bertz CT molecular complexity index is 409. The first kappa shape index (κ1) is 14.8. The minimum Gasteiger partial charge on any atom is -0.496 e. The molecule has 0 radical (unpaired) electrons. The van der Waals surface area contributed by atoms with Gasteiger partial charge in [-0.3, -0.25) is 4.79 Å². The van der Waals surface area contributed by atoms with Gasteiger partial charge >= 0.3 is 0 Å². The summed E-state index contributed by atoms with van der Waals surface area (Å²) in [5.74, 6) is 0.372. The third-order valence-corrected chi connectivity index (χ3v) is 2.88. The molecule has 1 amide bonds. The van der Waals surface area contributed by atoms with E-state index in [0.29, 0.717) is 35.8 Å². The van der Waals surface area contributed by atoms with Crippen molar-refractivity contribution in [2.75, 3.05) is 26.8 Å². The molecule has 1 aromatic carbocycles. The highest BCUT2D eigenvalue weighted by atomic mass is 35.5. The second kappa shape index (κ2) is 7.24. The maximum Gasteiger partial charge on any atom is 0.257 e. The Morgan fingerprint density at radius 3 is 2.78 bits per heavy atom. The van der Waals surface area contributed by atoms with Gasteiger partial charge in [0.05, 0.1) is 12.7 Å². The van der Waals surface area contributed by atoms with Crippen LogP contribution in [-0.4, -0.2) is 42.7 Å². The van der Waals surface area contributed by atoms with Crippen molar-refractivity contribution in [1.82, 2.24) is 4.90 Å². The van der Waals surface area contributed by atoms with Crippen LogP contribution in [0, 0.1) is 0 Å². The fraction of sp³-hybridized carbons (Fsp3) is 0.462.